The molecule has 0 aliphatic carbocycles. The van der Waals surface area contributed by atoms with Crippen LogP contribution in [-0.4, -0.2) is 9.78 Å². The fourth-order valence-corrected chi connectivity index (χ4v) is 1.46. The average Bonchev–Trinajstić information content (AvgIpc) is 2.51. The third-order valence-electron chi connectivity index (χ3n) is 2.09. The molecular weight excluding hydrogens is 210 g/mol. The quantitative estimate of drug-likeness (QED) is 0.849. The van der Waals surface area contributed by atoms with Crippen molar-refractivity contribution in [3.05, 3.63) is 47.7 Å². The lowest BCUT2D eigenvalue weighted by atomic mass is 10.1. The Morgan fingerprint density at radius 3 is 2.73 bits per heavy atom. The fourth-order valence-electron chi connectivity index (χ4n) is 1.46. The Morgan fingerprint density at radius 2 is 2.13 bits per heavy atom. The van der Waals surface area contributed by atoms with Crippen molar-refractivity contribution in [3.63, 3.8) is 0 Å². The van der Waals surface area contributed by atoms with Crippen LogP contribution in [-0.2, 0) is 6.54 Å². The average molecular weight is 224 g/mol. The molecule has 0 saturated heterocycles. The first kappa shape index (κ1) is 11.6. The van der Waals surface area contributed by atoms with Crippen LogP contribution in [0.1, 0.15) is 11.1 Å². The van der Waals surface area contributed by atoms with Crippen molar-refractivity contribution < 1.29 is 0 Å². The van der Waals surface area contributed by atoms with E-state index in [1.807, 2.05) is 10.9 Å². The van der Waals surface area contributed by atoms with Gasteiger partial charge in [-0.2, -0.15) is 5.10 Å². The topological polar surface area (TPSA) is 43.8 Å². The molecule has 0 spiro atoms. The number of nitrogens with two attached hydrogens (primary N) is 1. The predicted octanol–water partition coefficient (Wildman–Crippen LogP) is 2.24. The van der Waals surface area contributed by atoms with Crippen LogP contribution < -0.4 is 5.73 Å². The molecule has 3 nitrogen and oxygen atoms in total. The number of benzene rings is 1. The summed E-state index contributed by atoms with van der Waals surface area (Å²) in [5.41, 5.74) is 8.04. The zero-order valence-electron chi connectivity index (χ0n) is 8.55. The molecule has 0 amide bonds. The maximum Gasteiger partial charge on any atom is 0.145 e. The van der Waals surface area contributed by atoms with E-state index in [-0.39, 0.29) is 12.4 Å². The molecule has 0 fully saturated rings. The van der Waals surface area contributed by atoms with Crippen LogP contribution in [0.5, 0.6) is 0 Å². The van der Waals surface area contributed by atoms with Crippen LogP contribution in [0.4, 0.5) is 5.82 Å². The minimum Gasteiger partial charge on any atom is -0.382 e. The molecule has 2 N–H and O–H groups in total. The van der Waals surface area contributed by atoms with Crippen molar-refractivity contribution in [1.29, 1.82) is 0 Å². The van der Waals surface area contributed by atoms with Gasteiger partial charge in [0, 0.05) is 6.20 Å². The van der Waals surface area contributed by atoms with Gasteiger partial charge in [-0.05, 0) is 18.6 Å². The number of nitrogens with zero attached hydrogens (tertiary/aromatic N) is 2. The van der Waals surface area contributed by atoms with Crippen molar-refractivity contribution in [2.45, 2.75) is 13.5 Å². The van der Waals surface area contributed by atoms with Gasteiger partial charge in [0.25, 0.3) is 0 Å². The summed E-state index contributed by atoms with van der Waals surface area (Å²) in [7, 11) is 0. The van der Waals surface area contributed by atoms with E-state index in [0.717, 1.165) is 6.54 Å². The zero-order valence-corrected chi connectivity index (χ0v) is 9.37. The number of rotatable bonds is 2. The molecule has 0 radical (unpaired) electrons. The van der Waals surface area contributed by atoms with Gasteiger partial charge in [0.2, 0.25) is 0 Å². The molecule has 80 valence electrons. The van der Waals surface area contributed by atoms with Crippen LogP contribution in [0, 0.1) is 6.92 Å². The summed E-state index contributed by atoms with van der Waals surface area (Å²) in [5.74, 6) is 0.567. The number of halogens is 1. The second kappa shape index (κ2) is 4.84. The van der Waals surface area contributed by atoms with Gasteiger partial charge >= 0.3 is 0 Å². The van der Waals surface area contributed by atoms with E-state index in [2.05, 4.69) is 36.3 Å². The van der Waals surface area contributed by atoms with Gasteiger partial charge in [-0.3, -0.25) is 4.68 Å². The Bertz CT molecular complexity index is 437. The second-order valence-electron chi connectivity index (χ2n) is 3.43. The Hall–Kier alpha value is -1.48. The molecule has 2 rings (SSSR count). The standard InChI is InChI=1S/C11H13N3.ClH/c1-9-3-2-4-10(7-9)8-14-6-5-11(12)13-14;/h2-7H,8H2,1H3,(H2,12,13);1H. The Labute approximate surface area is 95.3 Å². The van der Waals surface area contributed by atoms with Gasteiger partial charge in [0.1, 0.15) is 5.82 Å². The first-order valence-corrected chi connectivity index (χ1v) is 4.58. The summed E-state index contributed by atoms with van der Waals surface area (Å²) in [5, 5.41) is 4.13. The lowest BCUT2D eigenvalue weighted by Gasteiger charge is -2.02. The lowest BCUT2D eigenvalue weighted by Crippen LogP contribution is -2.01. The number of hydrogen-bond donors (Lipinski definition) is 1. The van der Waals surface area contributed by atoms with E-state index in [4.69, 9.17) is 5.73 Å². The minimum absolute atomic E-state index is 0. The molecular formula is C11H14ClN3. The summed E-state index contributed by atoms with van der Waals surface area (Å²) in [6.07, 6.45) is 1.89. The molecule has 1 aromatic heterocycles. The molecule has 4 heteroatoms. The van der Waals surface area contributed by atoms with E-state index in [1.54, 1.807) is 6.07 Å². The summed E-state index contributed by atoms with van der Waals surface area (Å²) in [4.78, 5) is 0. The fraction of sp³-hybridized carbons (Fsp3) is 0.182. The van der Waals surface area contributed by atoms with Crippen LogP contribution in [0.15, 0.2) is 36.5 Å². The van der Waals surface area contributed by atoms with Crippen LogP contribution in [0.2, 0.25) is 0 Å². The van der Waals surface area contributed by atoms with Crippen molar-refractivity contribution in [3.8, 4) is 0 Å². The van der Waals surface area contributed by atoms with Gasteiger partial charge in [-0.1, -0.05) is 29.8 Å². The molecule has 0 saturated carbocycles. The summed E-state index contributed by atoms with van der Waals surface area (Å²) < 4.78 is 1.84. The minimum atomic E-state index is 0. The first-order valence-electron chi connectivity index (χ1n) is 4.58. The van der Waals surface area contributed by atoms with Crippen LogP contribution in [0.25, 0.3) is 0 Å². The number of anilines is 1. The third-order valence-corrected chi connectivity index (χ3v) is 2.09. The zero-order chi connectivity index (χ0) is 9.97. The molecule has 15 heavy (non-hydrogen) atoms. The predicted molar refractivity (Wildman–Crippen MR) is 64.2 cm³/mol. The van der Waals surface area contributed by atoms with Gasteiger partial charge in [0.05, 0.1) is 6.54 Å². The van der Waals surface area contributed by atoms with Gasteiger partial charge < -0.3 is 5.73 Å². The number of hydrogen-bond acceptors (Lipinski definition) is 2. The Balaban J connectivity index is 0.00000112. The highest BCUT2D eigenvalue weighted by Gasteiger charge is 1.96. The number of nitrogen functional groups attached to an aromatic ring is 1. The SMILES string of the molecule is Cc1cccc(Cn2ccc(N)n2)c1.Cl. The van der Waals surface area contributed by atoms with Crippen molar-refractivity contribution in [2.75, 3.05) is 5.73 Å². The first-order chi connectivity index (χ1) is 6.74. The summed E-state index contributed by atoms with van der Waals surface area (Å²) >= 11 is 0. The Morgan fingerprint density at radius 1 is 1.33 bits per heavy atom. The number of aromatic nitrogens is 2. The van der Waals surface area contributed by atoms with E-state index >= 15 is 0 Å². The molecule has 0 unspecified atom stereocenters. The molecule has 0 aliphatic rings. The summed E-state index contributed by atoms with van der Waals surface area (Å²) in [6, 6.07) is 10.2. The molecule has 0 aliphatic heterocycles. The highest BCUT2D eigenvalue weighted by molar-refractivity contribution is 5.85. The van der Waals surface area contributed by atoms with E-state index in [9.17, 15) is 0 Å². The van der Waals surface area contributed by atoms with E-state index in [0.29, 0.717) is 5.82 Å². The molecule has 1 aromatic carbocycles. The molecule has 0 atom stereocenters. The highest BCUT2D eigenvalue weighted by Crippen LogP contribution is 2.06. The van der Waals surface area contributed by atoms with Gasteiger partial charge in [-0.15, -0.1) is 12.4 Å². The van der Waals surface area contributed by atoms with Crippen molar-refractivity contribution >= 4 is 18.2 Å². The number of aryl methyl sites for hydroxylation is 1. The summed E-state index contributed by atoms with van der Waals surface area (Å²) in [6.45, 7) is 2.86. The maximum atomic E-state index is 5.53. The highest BCUT2D eigenvalue weighted by atomic mass is 35.5. The van der Waals surface area contributed by atoms with Crippen molar-refractivity contribution in [2.24, 2.45) is 0 Å². The molecule has 2 aromatic rings. The largest absolute Gasteiger partial charge is 0.382 e. The normalized spacial score (nSPS) is 9.67. The van der Waals surface area contributed by atoms with Crippen LogP contribution >= 0.6 is 12.4 Å². The second-order valence-corrected chi connectivity index (χ2v) is 3.43. The van der Waals surface area contributed by atoms with E-state index in [1.165, 1.54) is 11.1 Å². The molecule has 0 bridgehead atoms. The monoisotopic (exact) mass is 223 g/mol. The maximum absolute atomic E-state index is 5.53. The van der Waals surface area contributed by atoms with E-state index < -0.39 is 0 Å². The Kier molecular flexibility index (Phi) is 3.74. The van der Waals surface area contributed by atoms with Gasteiger partial charge in [0.15, 0.2) is 0 Å². The third kappa shape index (κ3) is 2.99. The van der Waals surface area contributed by atoms with Gasteiger partial charge in [-0.25, -0.2) is 0 Å². The smallest absolute Gasteiger partial charge is 0.145 e. The van der Waals surface area contributed by atoms with Crippen LogP contribution in [0.3, 0.4) is 0 Å². The molecule has 1 heterocycles. The van der Waals surface area contributed by atoms with Crippen molar-refractivity contribution in [1.82, 2.24) is 9.78 Å². The lowest BCUT2D eigenvalue weighted by molar-refractivity contribution is 0.690.